The monoisotopic (exact) mass is 395 g/mol. The van der Waals surface area contributed by atoms with E-state index in [1.807, 2.05) is 24.3 Å². The van der Waals surface area contributed by atoms with Gasteiger partial charge < -0.3 is 20.1 Å². The lowest BCUT2D eigenvalue weighted by atomic mass is 10.2. The molecule has 2 heterocycles. The van der Waals surface area contributed by atoms with Crippen LogP contribution >= 0.6 is 11.6 Å². The highest BCUT2D eigenvalue weighted by atomic mass is 35.5. The molecule has 1 aromatic heterocycles. The fourth-order valence-corrected chi connectivity index (χ4v) is 2.88. The molecule has 2 N–H and O–H groups in total. The Hall–Kier alpha value is -3.25. The first kappa shape index (κ1) is 18.1. The number of nitrogens with zero attached hydrogens (tertiary/aromatic N) is 1. The Bertz CT molecular complexity index is 975. The van der Waals surface area contributed by atoms with Crippen LogP contribution in [0.4, 0.5) is 11.5 Å². The van der Waals surface area contributed by atoms with Gasteiger partial charge in [-0.25, -0.2) is 4.98 Å². The molecule has 0 bridgehead atoms. The van der Waals surface area contributed by atoms with Crippen molar-refractivity contribution in [2.75, 3.05) is 23.8 Å². The lowest BCUT2D eigenvalue weighted by Crippen LogP contribution is -2.16. The zero-order valence-electron chi connectivity index (χ0n) is 14.9. The molecule has 3 aromatic rings. The van der Waals surface area contributed by atoms with Crippen molar-refractivity contribution >= 4 is 29.0 Å². The van der Waals surface area contributed by atoms with Gasteiger partial charge in [0.25, 0.3) is 5.91 Å². The number of ether oxygens (including phenoxy) is 2. The molecule has 2 aromatic carbocycles. The largest absolute Gasteiger partial charge is 0.486 e. The molecule has 1 aliphatic rings. The summed E-state index contributed by atoms with van der Waals surface area (Å²) < 4.78 is 11.0. The Morgan fingerprint density at radius 1 is 1.00 bits per heavy atom. The summed E-state index contributed by atoms with van der Waals surface area (Å²) >= 11 is 5.89. The molecule has 0 fully saturated rings. The molecule has 4 rings (SSSR count). The summed E-state index contributed by atoms with van der Waals surface area (Å²) in [5.74, 6) is 1.75. The predicted molar refractivity (Wildman–Crippen MR) is 108 cm³/mol. The van der Waals surface area contributed by atoms with Crippen LogP contribution < -0.4 is 20.1 Å². The second-order valence-corrected chi connectivity index (χ2v) is 6.66. The van der Waals surface area contributed by atoms with Gasteiger partial charge in [-0.3, -0.25) is 4.79 Å². The van der Waals surface area contributed by atoms with Gasteiger partial charge in [0, 0.05) is 29.5 Å². The quantitative estimate of drug-likeness (QED) is 0.671. The minimum Gasteiger partial charge on any atom is -0.486 e. The van der Waals surface area contributed by atoms with E-state index < -0.39 is 0 Å². The van der Waals surface area contributed by atoms with Crippen LogP contribution in [0.25, 0.3) is 0 Å². The molecule has 28 heavy (non-hydrogen) atoms. The predicted octanol–water partition coefficient (Wildman–Crippen LogP) is 4.37. The molecule has 0 saturated heterocycles. The molecule has 7 heteroatoms. The maximum atomic E-state index is 12.4. The molecular formula is C21H18ClN3O3. The first-order valence-electron chi connectivity index (χ1n) is 8.83. The van der Waals surface area contributed by atoms with Crippen molar-refractivity contribution in [2.45, 2.75) is 6.54 Å². The van der Waals surface area contributed by atoms with Crippen molar-refractivity contribution in [3.8, 4) is 11.5 Å². The number of aromatic nitrogens is 1. The minimum atomic E-state index is -0.242. The van der Waals surface area contributed by atoms with Crippen molar-refractivity contribution in [2.24, 2.45) is 0 Å². The van der Waals surface area contributed by atoms with Crippen molar-refractivity contribution in [3.63, 3.8) is 0 Å². The second kappa shape index (κ2) is 8.19. The molecule has 1 aliphatic heterocycles. The van der Waals surface area contributed by atoms with Gasteiger partial charge in [-0.1, -0.05) is 23.7 Å². The van der Waals surface area contributed by atoms with Crippen molar-refractivity contribution in [3.05, 3.63) is 76.9 Å². The van der Waals surface area contributed by atoms with Crippen LogP contribution in [0.5, 0.6) is 11.5 Å². The minimum absolute atomic E-state index is 0.242. The summed E-state index contributed by atoms with van der Waals surface area (Å²) in [5.41, 5.74) is 2.19. The number of rotatable bonds is 5. The molecule has 0 saturated carbocycles. The Morgan fingerprint density at radius 3 is 2.54 bits per heavy atom. The van der Waals surface area contributed by atoms with E-state index in [1.54, 1.807) is 30.3 Å². The number of hydrogen-bond acceptors (Lipinski definition) is 5. The van der Waals surface area contributed by atoms with Gasteiger partial charge >= 0.3 is 0 Å². The average molecular weight is 396 g/mol. The summed E-state index contributed by atoms with van der Waals surface area (Å²) in [6.07, 6.45) is 1.54. The Balaban J connectivity index is 1.36. The summed E-state index contributed by atoms with van der Waals surface area (Å²) in [4.78, 5) is 16.8. The molecule has 142 valence electrons. The van der Waals surface area contributed by atoms with E-state index >= 15 is 0 Å². The number of benzene rings is 2. The summed E-state index contributed by atoms with van der Waals surface area (Å²) in [7, 11) is 0. The van der Waals surface area contributed by atoms with Gasteiger partial charge in [0.1, 0.15) is 19.0 Å². The Labute approximate surface area is 167 Å². The van der Waals surface area contributed by atoms with Crippen LogP contribution in [0.2, 0.25) is 5.02 Å². The number of anilines is 2. The lowest BCUT2D eigenvalue weighted by Gasteiger charge is -2.19. The maximum Gasteiger partial charge on any atom is 0.257 e. The van der Waals surface area contributed by atoms with E-state index in [-0.39, 0.29) is 5.91 Å². The Kier molecular flexibility index (Phi) is 5.30. The third kappa shape index (κ3) is 4.35. The van der Waals surface area contributed by atoms with Gasteiger partial charge in [0.15, 0.2) is 11.5 Å². The first-order valence-corrected chi connectivity index (χ1v) is 9.20. The smallest absolute Gasteiger partial charge is 0.257 e. The van der Waals surface area contributed by atoms with E-state index in [0.717, 1.165) is 5.56 Å². The highest BCUT2D eigenvalue weighted by Gasteiger charge is 2.13. The number of fused-ring (bicyclic) bond motifs is 1. The van der Waals surface area contributed by atoms with E-state index in [1.165, 1.54) is 6.20 Å². The Morgan fingerprint density at radius 2 is 1.79 bits per heavy atom. The highest BCUT2D eigenvalue weighted by molar-refractivity contribution is 6.30. The number of hydrogen-bond donors (Lipinski definition) is 2. The van der Waals surface area contributed by atoms with Crippen molar-refractivity contribution in [1.82, 2.24) is 4.98 Å². The van der Waals surface area contributed by atoms with Crippen LogP contribution in [-0.4, -0.2) is 24.1 Å². The molecule has 0 aliphatic carbocycles. The summed E-state index contributed by atoms with van der Waals surface area (Å²) in [5, 5.41) is 6.76. The third-order valence-corrected chi connectivity index (χ3v) is 4.46. The van der Waals surface area contributed by atoms with Gasteiger partial charge in [-0.05, 0) is 42.0 Å². The van der Waals surface area contributed by atoms with Crippen LogP contribution in [-0.2, 0) is 6.54 Å². The van der Waals surface area contributed by atoms with Crippen LogP contribution in [0.3, 0.4) is 0 Å². The number of halogens is 1. The van der Waals surface area contributed by atoms with E-state index in [4.69, 9.17) is 21.1 Å². The van der Waals surface area contributed by atoms with E-state index in [0.29, 0.717) is 53.3 Å². The summed E-state index contributed by atoms with van der Waals surface area (Å²) in [6.45, 7) is 1.65. The molecule has 0 unspecified atom stereocenters. The molecular weight excluding hydrogens is 378 g/mol. The van der Waals surface area contributed by atoms with E-state index in [2.05, 4.69) is 15.6 Å². The normalized spacial score (nSPS) is 12.3. The van der Waals surface area contributed by atoms with Crippen LogP contribution in [0.15, 0.2) is 60.8 Å². The number of carbonyl (C=O) groups excluding carboxylic acids is 1. The molecule has 0 spiro atoms. The van der Waals surface area contributed by atoms with E-state index in [9.17, 15) is 4.79 Å². The van der Waals surface area contributed by atoms with Crippen molar-refractivity contribution in [1.29, 1.82) is 0 Å². The average Bonchev–Trinajstić information content (AvgIpc) is 2.73. The second-order valence-electron chi connectivity index (χ2n) is 6.22. The van der Waals surface area contributed by atoms with Crippen LogP contribution in [0.1, 0.15) is 15.9 Å². The topological polar surface area (TPSA) is 72.5 Å². The first-order chi connectivity index (χ1) is 13.7. The van der Waals surface area contributed by atoms with Crippen LogP contribution in [0, 0.1) is 0 Å². The number of nitrogens with one attached hydrogen (secondary N) is 2. The highest BCUT2D eigenvalue weighted by Crippen LogP contribution is 2.32. The molecule has 0 radical (unpaired) electrons. The molecule has 6 nitrogen and oxygen atoms in total. The van der Waals surface area contributed by atoms with Gasteiger partial charge in [-0.15, -0.1) is 0 Å². The fraction of sp³-hybridized carbons (Fsp3) is 0.143. The molecule has 0 atom stereocenters. The van der Waals surface area contributed by atoms with Gasteiger partial charge in [-0.2, -0.15) is 0 Å². The number of pyridine rings is 1. The SMILES string of the molecule is O=C(Nc1ccc2c(c1)OCCO2)c1ccc(NCc2ccc(Cl)cc2)nc1. The lowest BCUT2D eigenvalue weighted by molar-refractivity contribution is 0.102. The number of carbonyl (C=O) groups is 1. The molecule has 1 amide bonds. The summed E-state index contributed by atoms with van der Waals surface area (Å²) in [6, 6.07) is 16.4. The number of amides is 1. The maximum absolute atomic E-state index is 12.4. The van der Waals surface area contributed by atoms with Crippen molar-refractivity contribution < 1.29 is 14.3 Å². The standard InChI is InChI=1S/C21H18ClN3O3/c22-16-4-1-14(2-5-16)12-23-20-8-3-15(13-24-20)21(26)25-17-6-7-18-19(11-17)28-10-9-27-18/h1-8,11,13H,9-10,12H2,(H,23,24)(H,25,26). The third-order valence-electron chi connectivity index (χ3n) is 4.21. The van der Waals surface area contributed by atoms with Gasteiger partial charge in [0.2, 0.25) is 0 Å². The van der Waals surface area contributed by atoms with Gasteiger partial charge in [0.05, 0.1) is 5.56 Å². The zero-order valence-corrected chi connectivity index (χ0v) is 15.7. The zero-order chi connectivity index (χ0) is 19.3. The fourth-order valence-electron chi connectivity index (χ4n) is 2.75.